The second-order valence-corrected chi connectivity index (χ2v) is 6.91. The number of halogens is 2. The highest BCUT2D eigenvalue weighted by Crippen LogP contribution is 2.21. The minimum absolute atomic E-state index is 0.185. The van der Waals surface area contributed by atoms with Crippen molar-refractivity contribution < 1.29 is 4.39 Å². The monoisotopic (exact) mass is 371 g/mol. The van der Waals surface area contributed by atoms with E-state index in [1.807, 2.05) is 31.2 Å². The lowest BCUT2D eigenvalue weighted by atomic mass is 10.1. The van der Waals surface area contributed by atoms with Gasteiger partial charge in [0.05, 0.1) is 9.55 Å². The molecule has 0 aliphatic heterocycles. The van der Waals surface area contributed by atoms with Gasteiger partial charge in [-0.25, -0.2) is 4.39 Å². The fourth-order valence-corrected chi connectivity index (χ4v) is 3.66. The summed E-state index contributed by atoms with van der Waals surface area (Å²) in [5.74, 6) is 0.0171. The minimum Gasteiger partial charge on any atom is -0.266 e. The summed E-state index contributed by atoms with van der Waals surface area (Å²) in [6.07, 6.45) is 1.44. The van der Waals surface area contributed by atoms with E-state index in [-0.39, 0.29) is 16.1 Å². The molecule has 4 nitrogen and oxygen atoms in total. The van der Waals surface area contributed by atoms with Crippen molar-refractivity contribution in [2.75, 3.05) is 0 Å². The standard InChI is InChI=1S/C18H11ClFN3OS/c1-10-5-2-3-6-11(10)16-21-18-23(22-16)17(24)15(25-18)9-12-13(19)7-4-8-14(12)20/h2-9H,1H3. The van der Waals surface area contributed by atoms with E-state index in [1.54, 1.807) is 6.07 Å². The van der Waals surface area contributed by atoms with E-state index >= 15 is 0 Å². The maximum Gasteiger partial charge on any atom is 0.291 e. The third kappa shape index (κ3) is 2.73. The molecule has 0 unspecified atom stereocenters. The van der Waals surface area contributed by atoms with Gasteiger partial charge in [0.15, 0.2) is 5.82 Å². The zero-order valence-electron chi connectivity index (χ0n) is 13.0. The average Bonchev–Trinajstić information content (AvgIpc) is 3.11. The van der Waals surface area contributed by atoms with Gasteiger partial charge in [-0.2, -0.15) is 9.50 Å². The first kappa shape index (κ1) is 15.9. The van der Waals surface area contributed by atoms with Crippen molar-refractivity contribution in [3.63, 3.8) is 0 Å². The number of nitrogens with zero attached hydrogens (tertiary/aromatic N) is 3. The van der Waals surface area contributed by atoms with Gasteiger partial charge >= 0.3 is 0 Å². The van der Waals surface area contributed by atoms with Crippen LogP contribution < -0.4 is 10.1 Å². The van der Waals surface area contributed by atoms with E-state index in [0.29, 0.717) is 15.3 Å². The van der Waals surface area contributed by atoms with Crippen LogP contribution >= 0.6 is 22.9 Å². The quantitative estimate of drug-likeness (QED) is 0.542. The number of benzene rings is 2. The van der Waals surface area contributed by atoms with Crippen molar-refractivity contribution in [3.8, 4) is 11.4 Å². The molecule has 4 rings (SSSR count). The van der Waals surface area contributed by atoms with Crippen molar-refractivity contribution in [2.45, 2.75) is 6.92 Å². The van der Waals surface area contributed by atoms with Crippen LogP contribution in [0.5, 0.6) is 0 Å². The highest BCUT2D eigenvalue weighted by Gasteiger charge is 2.14. The third-order valence-corrected chi connectivity index (χ3v) is 5.13. The number of aromatic nitrogens is 3. The smallest absolute Gasteiger partial charge is 0.266 e. The summed E-state index contributed by atoms with van der Waals surface area (Å²) >= 11 is 7.17. The van der Waals surface area contributed by atoms with Gasteiger partial charge in [-0.15, -0.1) is 5.10 Å². The van der Waals surface area contributed by atoms with E-state index in [0.717, 1.165) is 22.5 Å². The van der Waals surface area contributed by atoms with E-state index in [9.17, 15) is 9.18 Å². The average molecular weight is 372 g/mol. The number of hydrogen-bond donors (Lipinski definition) is 0. The molecule has 0 amide bonds. The lowest BCUT2D eigenvalue weighted by Gasteiger charge is -1.99. The Kier molecular flexibility index (Phi) is 3.86. The van der Waals surface area contributed by atoms with Crippen LogP contribution in [0.1, 0.15) is 11.1 Å². The Balaban J connectivity index is 1.88. The molecule has 0 radical (unpaired) electrons. The summed E-state index contributed by atoms with van der Waals surface area (Å²) in [5.41, 5.74) is 1.75. The fourth-order valence-electron chi connectivity index (χ4n) is 2.55. The van der Waals surface area contributed by atoms with Gasteiger partial charge in [0.2, 0.25) is 4.96 Å². The molecule has 0 saturated carbocycles. The number of rotatable bonds is 2. The van der Waals surface area contributed by atoms with Crippen LogP contribution in [0.4, 0.5) is 4.39 Å². The van der Waals surface area contributed by atoms with Gasteiger partial charge in [0.1, 0.15) is 5.82 Å². The lowest BCUT2D eigenvalue weighted by Crippen LogP contribution is -2.23. The molecule has 2 heterocycles. The van der Waals surface area contributed by atoms with Gasteiger partial charge in [-0.05, 0) is 30.7 Å². The van der Waals surface area contributed by atoms with Gasteiger partial charge in [-0.3, -0.25) is 4.79 Å². The molecule has 4 aromatic rings. The van der Waals surface area contributed by atoms with Crippen molar-refractivity contribution in [2.24, 2.45) is 0 Å². The third-order valence-electron chi connectivity index (χ3n) is 3.84. The molecule has 2 aromatic heterocycles. The maximum absolute atomic E-state index is 13.9. The Morgan fingerprint density at radius 3 is 2.72 bits per heavy atom. The molecule has 0 bridgehead atoms. The normalized spacial score (nSPS) is 12.2. The molecule has 0 spiro atoms. The number of thiazole rings is 1. The fraction of sp³-hybridized carbons (Fsp3) is 0.0556. The van der Waals surface area contributed by atoms with Crippen LogP contribution in [-0.4, -0.2) is 14.6 Å². The Hall–Kier alpha value is -2.57. The molecule has 7 heteroatoms. The predicted molar refractivity (Wildman–Crippen MR) is 97.5 cm³/mol. The molecule has 0 fully saturated rings. The Bertz CT molecular complexity index is 1190. The van der Waals surface area contributed by atoms with Gasteiger partial charge in [0.25, 0.3) is 5.56 Å². The Morgan fingerprint density at radius 1 is 1.20 bits per heavy atom. The van der Waals surface area contributed by atoms with Crippen molar-refractivity contribution >= 4 is 34.0 Å². The summed E-state index contributed by atoms with van der Waals surface area (Å²) in [6.45, 7) is 1.96. The van der Waals surface area contributed by atoms with Crippen LogP contribution in [0.2, 0.25) is 5.02 Å². The molecule has 0 atom stereocenters. The molecule has 0 aliphatic carbocycles. The minimum atomic E-state index is -0.480. The van der Waals surface area contributed by atoms with Gasteiger partial charge in [0, 0.05) is 11.1 Å². The number of hydrogen-bond acceptors (Lipinski definition) is 4. The SMILES string of the molecule is Cc1ccccc1-c1nc2sc(=Cc3c(F)cccc3Cl)c(=O)n2n1. The zero-order chi connectivity index (χ0) is 17.6. The van der Waals surface area contributed by atoms with E-state index in [1.165, 1.54) is 22.7 Å². The number of aryl methyl sites for hydroxylation is 1. The van der Waals surface area contributed by atoms with Crippen LogP contribution in [0.3, 0.4) is 0 Å². The summed E-state index contributed by atoms with van der Waals surface area (Å²) in [6, 6.07) is 12.1. The van der Waals surface area contributed by atoms with Gasteiger partial charge < -0.3 is 0 Å². The zero-order valence-corrected chi connectivity index (χ0v) is 14.6. The molecule has 0 aliphatic rings. The number of fused-ring (bicyclic) bond motifs is 1. The van der Waals surface area contributed by atoms with Gasteiger partial charge in [-0.1, -0.05) is 53.3 Å². The topological polar surface area (TPSA) is 47.3 Å². The molecule has 2 aromatic carbocycles. The summed E-state index contributed by atoms with van der Waals surface area (Å²) in [4.78, 5) is 17.5. The van der Waals surface area contributed by atoms with Crippen molar-refractivity contribution in [1.29, 1.82) is 0 Å². The summed E-state index contributed by atoms with van der Waals surface area (Å²) in [7, 11) is 0. The second kappa shape index (κ2) is 6.06. The first-order chi connectivity index (χ1) is 12.0. The molecule has 124 valence electrons. The Morgan fingerprint density at radius 2 is 2.00 bits per heavy atom. The van der Waals surface area contributed by atoms with Crippen molar-refractivity contribution in [3.05, 3.63) is 79.3 Å². The van der Waals surface area contributed by atoms with E-state index < -0.39 is 5.82 Å². The molecular formula is C18H11ClFN3OS. The molecule has 0 N–H and O–H groups in total. The Labute approximate surface area is 150 Å². The maximum atomic E-state index is 13.9. The molecule has 25 heavy (non-hydrogen) atoms. The highest BCUT2D eigenvalue weighted by molar-refractivity contribution is 7.15. The summed E-state index contributed by atoms with van der Waals surface area (Å²) in [5, 5.41) is 4.56. The lowest BCUT2D eigenvalue weighted by molar-refractivity contribution is 0.625. The second-order valence-electron chi connectivity index (χ2n) is 5.50. The van der Waals surface area contributed by atoms with E-state index in [4.69, 9.17) is 11.6 Å². The van der Waals surface area contributed by atoms with Crippen LogP contribution in [0.15, 0.2) is 47.3 Å². The van der Waals surface area contributed by atoms with Crippen molar-refractivity contribution in [1.82, 2.24) is 14.6 Å². The first-order valence-corrected chi connectivity index (χ1v) is 8.65. The van der Waals surface area contributed by atoms with Crippen LogP contribution in [0.25, 0.3) is 22.4 Å². The predicted octanol–water partition coefficient (Wildman–Crippen LogP) is 3.47. The molecule has 0 saturated heterocycles. The highest BCUT2D eigenvalue weighted by atomic mass is 35.5. The first-order valence-electron chi connectivity index (χ1n) is 7.46. The van der Waals surface area contributed by atoms with E-state index in [2.05, 4.69) is 10.1 Å². The summed E-state index contributed by atoms with van der Waals surface area (Å²) < 4.78 is 15.5. The molecular weight excluding hydrogens is 361 g/mol. The van der Waals surface area contributed by atoms with Crippen LogP contribution in [-0.2, 0) is 0 Å². The van der Waals surface area contributed by atoms with Crippen LogP contribution in [0, 0.1) is 12.7 Å². The largest absolute Gasteiger partial charge is 0.291 e.